The van der Waals surface area contributed by atoms with Crippen molar-refractivity contribution in [2.24, 2.45) is 0 Å². The number of nitrogens with zero attached hydrogens (tertiary/aromatic N) is 2. The Morgan fingerprint density at radius 3 is 2.38 bits per heavy atom. The second-order valence-electron chi connectivity index (χ2n) is 6.51. The fraction of sp³-hybridized carbons (Fsp3) is 0.222. The molecule has 2 aromatic rings. The van der Waals surface area contributed by atoms with E-state index in [2.05, 4.69) is 6.58 Å². The van der Waals surface area contributed by atoms with E-state index in [0.717, 1.165) is 5.56 Å². The average molecular weight is 372 g/mol. The molecule has 0 radical (unpaired) electrons. The monoisotopic (exact) mass is 372 g/mol. The molecule has 2 fully saturated rings. The maximum absolute atomic E-state index is 13.0. The molecule has 8 heteroatoms. The summed E-state index contributed by atoms with van der Waals surface area (Å²) in [5, 5.41) is 10.8. The van der Waals surface area contributed by atoms with Gasteiger partial charge in [-0.3, -0.25) is 14.4 Å². The van der Waals surface area contributed by atoms with Crippen LogP contribution in [0.1, 0.15) is 11.1 Å². The summed E-state index contributed by atoms with van der Waals surface area (Å²) in [7, 11) is -3.73. The van der Waals surface area contributed by atoms with Crippen LogP contribution in [0.5, 0.6) is 0 Å². The minimum absolute atomic E-state index is 0.0247. The zero-order valence-corrected chi connectivity index (χ0v) is 14.8. The SMILES string of the molecule is C=C1[C@@H]2O[C@]2(c2ccc([N+](=O)[O-])cc2)CN1S(=O)(=O)c1ccc(C)cc1. The molecule has 0 aromatic heterocycles. The quantitative estimate of drug-likeness (QED) is 0.467. The number of fused-ring (bicyclic) bond motifs is 1. The van der Waals surface area contributed by atoms with Gasteiger partial charge in [0, 0.05) is 12.1 Å². The van der Waals surface area contributed by atoms with Gasteiger partial charge in [-0.2, -0.15) is 0 Å². The van der Waals surface area contributed by atoms with Gasteiger partial charge in [0.1, 0.15) is 11.7 Å². The van der Waals surface area contributed by atoms with Crippen molar-refractivity contribution in [3.05, 3.63) is 82.0 Å². The largest absolute Gasteiger partial charge is 0.352 e. The second kappa shape index (κ2) is 5.39. The van der Waals surface area contributed by atoms with Crippen LogP contribution in [-0.2, 0) is 20.4 Å². The van der Waals surface area contributed by atoms with Crippen LogP contribution >= 0.6 is 0 Å². The highest BCUT2D eigenvalue weighted by Crippen LogP contribution is 2.57. The Kier molecular flexibility index (Phi) is 3.47. The summed E-state index contributed by atoms with van der Waals surface area (Å²) in [6.07, 6.45) is -0.441. The van der Waals surface area contributed by atoms with E-state index in [1.165, 1.54) is 16.4 Å². The maximum atomic E-state index is 13.0. The first kappa shape index (κ1) is 16.7. The van der Waals surface area contributed by atoms with Crippen molar-refractivity contribution in [1.82, 2.24) is 4.31 Å². The van der Waals surface area contributed by atoms with Gasteiger partial charge in [-0.1, -0.05) is 24.3 Å². The van der Waals surface area contributed by atoms with Gasteiger partial charge < -0.3 is 4.74 Å². The number of aryl methyl sites for hydroxylation is 1. The molecule has 2 saturated heterocycles. The maximum Gasteiger partial charge on any atom is 0.269 e. The number of hydrogen-bond donors (Lipinski definition) is 0. The topological polar surface area (TPSA) is 93.1 Å². The summed E-state index contributed by atoms with van der Waals surface area (Å²) in [5.74, 6) is 0. The van der Waals surface area contributed by atoms with Gasteiger partial charge in [-0.25, -0.2) is 8.42 Å². The minimum Gasteiger partial charge on any atom is -0.352 e. The van der Waals surface area contributed by atoms with Crippen molar-refractivity contribution in [2.75, 3.05) is 6.54 Å². The van der Waals surface area contributed by atoms with E-state index in [-0.39, 0.29) is 17.1 Å². The van der Waals surface area contributed by atoms with Crippen molar-refractivity contribution in [3.63, 3.8) is 0 Å². The van der Waals surface area contributed by atoms with Crippen molar-refractivity contribution in [2.45, 2.75) is 23.5 Å². The van der Waals surface area contributed by atoms with Crippen molar-refractivity contribution >= 4 is 15.7 Å². The van der Waals surface area contributed by atoms with Gasteiger partial charge >= 0.3 is 0 Å². The third-order valence-electron chi connectivity index (χ3n) is 4.87. The molecule has 134 valence electrons. The number of rotatable bonds is 4. The molecule has 0 saturated carbocycles. The first-order chi connectivity index (χ1) is 12.3. The summed E-state index contributed by atoms with van der Waals surface area (Å²) < 4.78 is 32.9. The van der Waals surface area contributed by atoms with Crippen LogP contribution < -0.4 is 0 Å². The molecule has 2 aromatic carbocycles. The standard InChI is InChI=1S/C18H16N2O5S/c1-12-3-9-16(10-4-12)26(23,24)19-11-18(17(25-18)13(19)2)14-5-7-15(8-6-14)20(21)22/h3-10,17H,2,11H2,1H3/t17-,18-/m0/s1. The number of non-ortho nitro benzene ring substituents is 1. The van der Waals surface area contributed by atoms with Gasteiger partial charge in [0.2, 0.25) is 0 Å². The van der Waals surface area contributed by atoms with E-state index in [0.29, 0.717) is 11.3 Å². The second-order valence-corrected chi connectivity index (χ2v) is 8.37. The normalized spacial score (nSPS) is 24.4. The first-order valence-corrected chi connectivity index (χ1v) is 9.41. The minimum atomic E-state index is -3.73. The number of hydrogen-bond acceptors (Lipinski definition) is 5. The van der Waals surface area contributed by atoms with E-state index in [9.17, 15) is 18.5 Å². The molecular weight excluding hydrogens is 356 g/mol. The molecule has 0 spiro atoms. The molecule has 2 heterocycles. The summed E-state index contributed by atoms with van der Waals surface area (Å²) >= 11 is 0. The zero-order valence-electron chi connectivity index (χ0n) is 14.0. The Morgan fingerprint density at radius 2 is 1.81 bits per heavy atom. The lowest BCUT2D eigenvalue weighted by molar-refractivity contribution is -0.384. The summed E-state index contributed by atoms with van der Waals surface area (Å²) in [5.41, 5.74) is 1.21. The van der Waals surface area contributed by atoms with Crippen LogP contribution in [0.4, 0.5) is 5.69 Å². The summed E-state index contributed by atoms with van der Waals surface area (Å²) in [6, 6.07) is 12.6. The fourth-order valence-corrected chi connectivity index (χ4v) is 4.83. The highest BCUT2D eigenvalue weighted by molar-refractivity contribution is 7.89. The number of sulfonamides is 1. The number of benzene rings is 2. The molecule has 0 aliphatic carbocycles. The smallest absolute Gasteiger partial charge is 0.269 e. The van der Waals surface area contributed by atoms with Crippen molar-refractivity contribution < 1.29 is 18.1 Å². The molecule has 0 N–H and O–H groups in total. The third kappa shape index (κ3) is 2.33. The molecule has 2 atom stereocenters. The van der Waals surface area contributed by atoms with Crippen LogP contribution in [0.15, 0.2) is 65.7 Å². The Labute approximate surface area is 150 Å². The predicted molar refractivity (Wildman–Crippen MR) is 93.9 cm³/mol. The van der Waals surface area contributed by atoms with Gasteiger partial charge in [0.05, 0.1) is 22.1 Å². The highest BCUT2D eigenvalue weighted by atomic mass is 32.2. The van der Waals surface area contributed by atoms with Gasteiger partial charge in [-0.15, -0.1) is 0 Å². The van der Waals surface area contributed by atoms with Crippen molar-refractivity contribution in [1.29, 1.82) is 0 Å². The highest BCUT2D eigenvalue weighted by Gasteiger charge is 2.67. The molecule has 2 aliphatic heterocycles. The van der Waals surface area contributed by atoms with E-state index < -0.39 is 26.7 Å². The van der Waals surface area contributed by atoms with Crippen molar-refractivity contribution in [3.8, 4) is 0 Å². The molecule has 0 amide bonds. The lowest BCUT2D eigenvalue weighted by Crippen LogP contribution is -2.32. The predicted octanol–water partition coefficient (Wildman–Crippen LogP) is 2.72. The van der Waals surface area contributed by atoms with Gasteiger partial charge in [0.25, 0.3) is 15.7 Å². The Morgan fingerprint density at radius 1 is 1.19 bits per heavy atom. The van der Waals surface area contributed by atoms with Gasteiger partial charge in [0.15, 0.2) is 0 Å². The Bertz CT molecular complexity index is 1010. The van der Waals surface area contributed by atoms with Crippen LogP contribution in [-0.4, -0.2) is 30.3 Å². The lowest BCUT2D eigenvalue weighted by atomic mass is 9.97. The molecule has 0 bridgehead atoms. The number of nitro groups is 1. The van der Waals surface area contributed by atoms with E-state index in [4.69, 9.17) is 4.74 Å². The number of epoxide rings is 1. The lowest BCUT2D eigenvalue weighted by Gasteiger charge is -2.23. The van der Waals surface area contributed by atoms with E-state index >= 15 is 0 Å². The number of nitro benzene ring substituents is 1. The summed E-state index contributed by atoms with van der Waals surface area (Å²) in [6.45, 7) is 5.89. The molecule has 4 rings (SSSR count). The number of morpholine rings is 1. The average Bonchev–Trinajstić information content (AvgIpc) is 3.28. The van der Waals surface area contributed by atoms with Crippen LogP contribution in [0, 0.1) is 17.0 Å². The molecule has 26 heavy (non-hydrogen) atoms. The Balaban J connectivity index is 1.65. The Hall–Kier alpha value is -2.71. The first-order valence-electron chi connectivity index (χ1n) is 7.97. The van der Waals surface area contributed by atoms with Crippen LogP contribution in [0.2, 0.25) is 0 Å². The molecule has 0 unspecified atom stereocenters. The molecule has 2 aliphatic rings. The van der Waals surface area contributed by atoms with E-state index in [1.54, 1.807) is 36.4 Å². The van der Waals surface area contributed by atoms with E-state index in [1.807, 2.05) is 6.92 Å². The zero-order chi connectivity index (χ0) is 18.7. The molecule has 7 nitrogen and oxygen atoms in total. The van der Waals surface area contributed by atoms with Crippen LogP contribution in [0.3, 0.4) is 0 Å². The van der Waals surface area contributed by atoms with Crippen LogP contribution in [0.25, 0.3) is 0 Å². The molecular formula is C18H16N2O5S. The number of ether oxygens (including phenoxy) is 1. The third-order valence-corrected chi connectivity index (χ3v) is 6.68. The fourth-order valence-electron chi connectivity index (χ4n) is 3.33. The van der Waals surface area contributed by atoms with Gasteiger partial charge in [-0.05, 0) is 36.8 Å². The summed E-state index contributed by atoms with van der Waals surface area (Å²) in [4.78, 5) is 10.5.